The maximum Gasteiger partial charge on any atom is 0.274 e. The third kappa shape index (κ3) is 4.99. The van der Waals surface area contributed by atoms with Crippen LogP contribution in [-0.2, 0) is 29.1 Å². The summed E-state index contributed by atoms with van der Waals surface area (Å²) in [6.45, 7) is 3.40. The highest BCUT2D eigenvalue weighted by Gasteiger charge is 2.29. The lowest BCUT2D eigenvalue weighted by molar-refractivity contribution is -0.123. The smallest absolute Gasteiger partial charge is 0.274 e. The normalized spacial score (nSPS) is 15.5. The zero-order chi connectivity index (χ0) is 21.6. The highest BCUT2D eigenvalue weighted by Crippen LogP contribution is 2.23. The molecule has 166 valence electrons. The summed E-state index contributed by atoms with van der Waals surface area (Å²) in [5, 5.41) is 7.44. The van der Waals surface area contributed by atoms with Gasteiger partial charge in [0.15, 0.2) is 12.3 Å². The van der Waals surface area contributed by atoms with Crippen LogP contribution in [0.2, 0.25) is 0 Å². The van der Waals surface area contributed by atoms with E-state index in [9.17, 15) is 9.59 Å². The van der Waals surface area contributed by atoms with Crippen molar-refractivity contribution in [3.8, 4) is 11.5 Å². The predicted octanol–water partition coefficient (Wildman–Crippen LogP) is 1.40. The zero-order valence-corrected chi connectivity index (χ0v) is 17.8. The first-order chi connectivity index (χ1) is 15.2. The molecule has 0 saturated carbocycles. The van der Waals surface area contributed by atoms with Crippen molar-refractivity contribution in [2.75, 3.05) is 40.0 Å². The molecular formula is C22H28N4O5. The van der Waals surface area contributed by atoms with Crippen LogP contribution in [0.3, 0.4) is 0 Å². The Bertz CT molecular complexity index is 919. The zero-order valence-electron chi connectivity index (χ0n) is 17.8. The summed E-state index contributed by atoms with van der Waals surface area (Å²) in [5.74, 6) is 1.10. The first-order valence-electron chi connectivity index (χ1n) is 10.6. The molecule has 0 atom stereocenters. The van der Waals surface area contributed by atoms with Crippen LogP contribution >= 0.6 is 0 Å². The number of hydrogen-bond acceptors (Lipinski definition) is 6. The van der Waals surface area contributed by atoms with Crippen LogP contribution in [0.15, 0.2) is 24.3 Å². The Morgan fingerprint density at radius 2 is 1.90 bits per heavy atom. The molecule has 1 saturated heterocycles. The van der Waals surface area contributed by atoms with Crippen molar-refractivity contribution >= 4 is 11.8 Å². The molecule has 1 aromatic heterocycles. The monoisotopic (exact) mass is 428 g/mol. The van der Waals surface area contributed by atoms with Gasteiger partial charge in [0.2, 0.25) is 0 Å². The number of rotatable bonds is 8. The lowest BCUT2D eigenvalue weighted by atomic mass is 10.1. The van der Waals surface area contributed by atoms with Crippen LogP contribution in [0, 0.1) is 0 Å². The average Bonchev–Trinajstić information content (AvgIpc) is 3.47. The Morgan fingerprint density at radius 3 is 2.65 bits per heavy atom. The molecule has 0 unspecified atom stereocenters. The van der Waals surface area contributed by atoms with Crippen molar-refractivity contribution in [2.24, 2.45) is 0 Å². The van der Waals surface area contributed by atoms with Crippen molar-refractivity contribution in [2.45, 2.75) is 32.4 Å². The third-order valence-electron chi connectivity index (χ3n) is 5.57. The molecule has 9 heteroatoms. The van der Waals surface area contributed by atoms with Gasteiger partial charge in [-0.25, -0.2) is 0 Å². The van der Waals surface area contributed by atoms with Crippen molar-refractivity contribution in [3.05, 3.63) is 41.2 Å². The van der Waals surface area contributed by atoms with Gasteiger partial charge in [-0.05, 0) is 37.1 Å². The fraction of sp³-hybridized carbons (Fsp3) is 0.500. The summed E-state index contributed by atoms with van der Waals surface area (Å²) in [6.07, 6.45) is 2.79. The molecule has 9 nitrogen and oxygen atoms in total. The Labute approximate surface area is 181 Å². The molecule has 0 aliphatic carbocycles. The average molecular weight is 428 g/mol. The van der Waals surface area contributed by atoms with Gasteiger partial charge >= 0.3 is 0 Å². The number of amides is 2. The Balaban J connectivity index is 1.31. The maximum absolute atomic E-state index is 12.9. The van der Waals surface area contributed by atoms with Gasteiger partial charge in [0.1, 0.15) is 11.5 Å². The summed E-state index contributed by atoms with van der Waals surface area (Å²) in [5.41, 5.74) is 2.40. The highest BCUT2D eigenvalue weighted by atomic mass is 16.5. The van der Waals surface area contributed by atoms with Crippen molar-refractivity contribution in [3.63, 3.8) is 0 Å². The minimum absolute atomic E-state index is 0.0186. The van der Waals surface area contributed by atoms with Gasteiger partial charge in [-0.1, -0.05) is 0 Å². The second-order valence-corrected chi connectivity index (χ2v) is 7.61. The fourth-order valence-electron chi connectivity index (χ4n) is 3.91. The van der Waals surface area contributed by atoms with Crippen molar-refractivity contribution in [1.29, 1.82) is 0 Å². The molecule has 1 N–H and O–H groups in total. The van der Waals surface area contributed by atoms with Crippen LogP contribution in [0.1, 0.15) is 34.6 Å². The van der Waals surface area contributed by atoms with Crippen LogP contribution in [-0.4, -0.2) is 66.5 Å². The minimum Gasteiger partial charge on any atom is -0.497 e. The van der Waals surface area contributed by atoms with E-state index in [1.807, 2.05) is 9.58 Å². The van der Waals surface area contributed by atoms with Crippen LogP contribution in [0.5, 0.6) is 11.5 Å². The molecular weight excluding hydrogens is 400 g/mol. The molecule has 2 aliphatic rings. The van der Waals surface area contributed by atoms with Gasteiger partial charge in [-0.15, -0.1) is 0 Å². The number of carbonyl (C=O) groups excluding carboxylic acids is 2. The predicted molar refractivity (Wildman–Crippen MR) is 112 cm³/mol. The molecule has 2 aliphatic heterocycles. The van der Waals surface area contributed by atoms with E-state index >= 15 is 0 Å². The number of nitrogens with one attached hydrogen (secondary N) is 1. The number of fused-ring (bicyclic) bond motifs is 1. The van der Waals surface area contributed by atoms with Gasteiger partial charge in [-0.3, -0.25) is 14.3 Å². The summed E-state index contributed by atoms with van der Waals surface area (Å²) in [6, 6.07) is 7.06. The van der Waals surface area contributed by atoms with Gasteiger partial charge in [0.25, 0.3) is 11.8 Å². The second kappa shape index (κ2) is 9.82. The summed E-state index contributed by atoms with van der Waals surface area (Å²) >= 11 is 0. The second-order valence-electron chi connectivity index (χ2n) is 7.61. The van der Waals surface area contributed by atoms with E-state index in [0.717, 1.165) is 42.9 Å². The molecule has 0 radical (unpaired) electrons. The number of benzene rings is 1. The molecule has 2 aromatic rings. The number of ether oxygens (including phenoxy) is 3. The van der Waals surface area contributed by atoms with E-state index in [0.29, 0.717) is 44.2 Å². The van der Waals surface area contributed by atoms with Gasteiger partial charge in [0.05, 0.1) is 26.9 Å². The lowest BCUT2D eigenvalue weighted by Crippen LogP contribution is -2.32. The topological polar surface area (TPSA) is 94.9 Å². The Kier molecular flexibility index (Phi) is 6.71. The van der Waals surface area contributed by atoms with Crippen LogP contribution < -0.4 is 14.8 Å². The number of likely N-dealkylation sites (tertiary alicyclic amines) is 1. The fourth-order valence-corrected chi connectivity index (χ4v) is 3.91. The third-order valence-corrected chi connectivity index (χ3v) is 5.57. The molecule has 0 spiro atoms. The molecule has 31 heavy (non-hydrogen) atoms. The largest absolute Gasteiger partial charge is 0.497 e. The number of carbonyl (C=O) groups is 2. The van der Waals surface area contributed by atoms with Gasteiger partial charge in [-0.2, -0.15) is 5.10 Å². The first kappa shape index (κ1) is 21.2. The number of methoxy groups -OCH3 is 1. The maximum atomic E-state index is 12.9. The van der Waals surface area contributed by atoms with Crippen LogP contribution in [0.4, 0.5) is 0 Å². The van der Waals surface area contributed by atoms with E-state index in [4.69, 9.17) is 14.2 Å². The lowest BCUT2D eigenvalue weighted by Gasteiger charge is -2.17. The SMILES string of the molecule is COc1ccc(OCC(=O)NCCn2nc(C(=O)N3CCCC3)c3c2CCOC3)cc1. The minimum atomic E-state index is -0.214. The van der Waals surface area contributed by atoms with Gasteiger partial charge < -0.3 is 24.4 Å². The molecule has 2 amide bonds. The number of hydrogen-bond donors (Lipinski definition) is 1. The van der Waals surface area contributed by atoms with Crippen molar-refractivity contribution in [1.82, 2.24) is 20.0 Å². The van der Waals surface area contributed by atoms with E-state index in [-0.39, 0.29) is 18.4 Å². The van der Waals surface area contributed by atoms with Gasteiger partial charge in [0, 0.05) is 37.3 Å². The first-order valence-corrected chi connectivity index (χ1v) is 10.6. The van der Waals surface area contributed by atoms with E-state index in [1.54, 1.807) is 31.4 Å². The Hall–Kier alpha value is -3.07. The summed E-state index contributed by atoms with van der Waals surface area (Å²) in [4.78, 5) is 26.9. The molecule has 0 bridgehead atoms. The quantitative estimate of drug-likeness (QED) is 0.683. The number of aromatic nitrogens is 2. The Morgan fingerprint density at radius 1 is 1.16 bits per heavy atom. The van der Waals surface area contributed by atoms with E-state index in [1.165, 1.54) is 0 Å². The van der Waals surface area contributed by atoms with E-state index in [2.05, 4.69) is 10.4 Å². The number of nitrogens with zero attached hydrogens (tertiary/aromatic N) is 3. The molecule has 1 aromatic carbocycles. The van der Waals surface area contributed by atoms with Crippen LogP contribution in [0.25, 0.3) is 0 Å². The molecule has 1 fully saturated rings. The molecule has 3 heterocycles. The summed E-state index contributed by atoms with van der Waals surface area (Å²) < 4.78 is 18.0. The standard InChI is InChI=1S/C22H28N4O5/c1-29-16-4-6-17(7-5-16)31-15-20(27)23-9-12-26-19-8-13-30-14-18(19)21(24-26)22(28)25-10-2-3-11-25/h4-7H,2-3,8-15H2,1H3,(H,23,27). The molecule has 4 rings (SSSR count). The van der Waals surface area contributed by atoms with E-state index < -0.39 is 0 Å². The highest BCUT2D eigenvalue weighted by molar-refractivity contribution is 5.94. The van der Waals surface area contributed by atoms with Crippen molar-refractivity contribution < 1.29 is 23.8 Å². The summed E-state index contributed by atoms with van der Waals surface area (Å²) in [7, 11) is 1.60.